The third-order valence-electron chi connectivity index (χ3n) is 3.11. The lowest BCUT2D eigenvalue weighted by atomic mass is 10.2. The van der Waals surface area contributed by atoms with Gasteiger partial charge in [-0.3, -0.25) is 0 Å². The van der Waals surface area contributed by atoms with Crippen molar-refractivity contribution in [2.45, 2.75) is 6.54 Å². The van der Waals surface area contributed by atoms with E-state index in [0.29, 0.717) is 12.2 Å². The van der Waals surface area contributed by atoms with Crippen LogP contribution in [0.1, 0.15) is 15.9 Å². The Balaban J connectivity index is 1.96. The molecule has 5 heteroatoms. The highest BCUT2D eigenvalue weighted by Crippen LogP contribution is 2.17. The van der Waals surface area contributed by atoms with Crippen LogP contribution in [0, 0.1) is 5.82 Å². The molecule has 20 heavy (non-hydrogen) atoms. The van der Waals surface area contributed by atoms with E-state index >= 15 is 0 Å². The molecule has 1 N–H and O–H groups in total. The number of pyridine rings is 1. The fourth-order valence-electron chi connectivity index (χ4n) is 2.11. The van der Waals surface area contributed by atoms with Crippen LogP contribution in [0.5, 0.6) is 0 Å². The Morgan fingerprint density at radius 3 is 2.70 bits per heavy atom. The van der Waals surface area contributed by atoms with Crippen LogP contribution in [-0.2, 0) is 6.54 Å². The molecule has 0 aliphatic rings. The average Bonchev–Trinajstić information content (AvgIpc) is 2.84. The van der Waals surface area contributed by atoms with E-state index in [1.54, 1.807) is 18.2 Å². The second kappa shape index (κ2) is 4.77. The van der Waals surface area contributed by atoms with Crippen LogP contribution in [-0.4, -0.2) is 20.6 Å². The number of halogens is 1. The van der Waals surface area contributed by atoms with Crippen LogP contribution in [0.3, 0.4) is 0 Å². The molecule has 2 heterocycles. The molecule has 0 unspecified atom stereocenters. The summed E-state index contributed by atoms with van der Waals surface area (Å²) in [6, 6.07) is 9.66. The van der Waals surface area contributed by atoms with Gasteiger partial charge >= 0.3 is 5.97 Å². The number of aromatic carboxylic acids is 1. The Morgan fingerprint density at radius 2 is 2.00 bits per heavy atom. The van der Waals surface area contributed by atoms with Gasteiger partial charge in [0.05, 0.1) is 5.56 Å². The number of hydrogen-bond acceptors (Lipinski definition) is 2. The number of fused-ring (bicyclic) bond motifs is 1. The van der Waals surface area contributed by atoms with Gasteiger partial charge < -0.3 is 9.67 Å². The van der Waals surface area contributed by atoms with Gasteiger partial charge in [-0.15, -0.1) is 0 Å². The van der Waals surface area contributed by atoms with Crippen molar-refractivity contribution in [1.29, 1.82) is 0 Å². The summed E-state index contributed by atoms with van der Waals surface area (Å²) in [7, 11) is 0. The summed E-state index contributed by atoms with van der Waals surface area (Å²) in [4.78, 5) is 15.1. The fourth-order valence-corrected chi connectivity index (χ4v) is 2.11. The van der Waals surface area contributed by atoms with Crippen molar-refractivity contribution in [3.63, 3.8) is 0 Å². The molecule has 3 rings (SSSR count). The van der Waals surface area contributed by atoms with E-state index in [9.17, 15) is 9.18 Å². The first kappa shape index (κ1) is 12.3. The Hall–Kier alpha value is -2.69. The zero-order valence-corrected chi connectivity index (χ0v) is 10.5. The van der Waals surface area contributed by atoms with Crippen LogP contribution in [0.15, 0.2) is 48.8 Å². The lowest BCUT2D eigenvalue weighted by Crippen LogP contribution is -2.01. The third kappa shape index (κ3) is 2.25. The summed E-state index contributed by atoms with van der Waals surface area (Å²) in [5.41, 5.74) is 1.82. The smallest absolute Gasteiger partial charge is 0.337 e. The molecule has 0 atom stereocenters. The minimum absolute atomic E-state index is 0.164. The van der Waals surface area contributed by atoms with Gasteiger partial charge in [0.25, 0.3) is 0 Å². The Morgan fingerprint density at radius 1 is 1.25 bits per heavy atom. The second-order valence-corrected chi connectivity index (χ2v) is 4.51. The maximum Gasteiger partial charge on any atom is 0.337 e. The molecular weight excluding hydrogens is 259 g/mol. The third-order valence-corrected chi connectivity index (χ3v) is 3.11. The number of nitrogens with zero attached hydrogens (tertiary/aromatic N) is 2. The zero-order valence-electron chi connectivity index (χ0n) is 10.5. The maximum atomic E-state index is 12.9. The van der Waals surface area contributed by atoms with E-state index in [0.717, 1.165) is 10.9 Å². The van der Waals surface area contributed by atoms with Crippen molar-refractivity contribution in [1.82, 2.24) is 9.55 Å². The quantitative estimate of drug-likeness (QED) is 0.796. The Bertz CT molecular complexity index is 778. The first-order chi connectivity index (χ1) is 9.63. The second-order valence-electron chi connectivity index (χ2n) is 4.51. The lowest BCUT2D eigenvalue weighted by Gasteiger charge is -2.05. The monoisotopic (exact) mass is 270 g/mol. The summed E-state index contributed by atoms with van der Waals surface area (Å²) >= 11 is 0. The van der Waals surface area contributed by atoms with Crippen molar-refractivity contribution in [3.8, 4) is 0 Å². The summed E-state index contributed by atoms with van der Waals surface area (Å²) in [5.74, 6) is -1.26. The molecule has 3 aromatic rings. The van der Waals surface area contributed by atoms with Gasteiger partial charge in [0.15, 0.2) is 0 Å². The highest BCUT2D eigenvalue weighted by Gasteiger charge is 2.08. The number of aromatic nitrogens is 2. The van der Waals surface area contributed by atoms with Crippen LogP contribution in [0.25, 0.3) is 11.0 Å². The summed E-state index contributed by atoms with van der Waals surface area (Å²) in [6.45, 7) is 0.559. The van der Waals surface area contributed by atoms with E-state index in [2.05, 4.69) is 4.98 Å². The minimum Gasteiger partial charge on any atom is -0.478 e. The van der Waals surface area contributed by atoms with E-state index in [4.69, 9.17) is 5.11 Å². The molecular formula is C15H11FN2O2. The van der Waals surface area contributed by atoms with Crippen molar-refractivity contribution >= 4 is 17.0 Å². The van der Waals surface area contributed by atoms with E-state index in [-0.39, 0.29) is 11.4 Å². The molecule has 1 aromatic carbocycles. The van der Waals surface area contributed by atoms with Crippen molar-refractivity contribution in [2.24, 2.45) is 0 Å². The van der Waals surface area contributed by atoms with E-state index in [1.807, 2.05) is 16.8 Å². The molecule has 0 bridgehead atoms. The van der Waals surface area contributed by atoms with Crippen molar-refractivity contribution in [2.75, 3.05) is 0 Å². The van der Waals surface area contributed by atoms with E-state index in [1.165, 1.54) is 18.3 Å². The highest BCUT2D eigenvalue weighted by molar-refractivity contribution is 5.91. The first-order valence-corrected chi connectivity index (χ1v) is 6.06. The standard InChI is InChI=1S/C15H11FN2O2/c16-13-3-1-10(2-4-13)9-18-6-5-11-7-12(15(19)20)8-17-14(11)18/h1-8H,9H2,(H,19,20). The first-order valence-electron chi connectivity index (χ1n) is 6.06. The van der Waals surface area contributed by atoms with E-state index < -0.39 is 5.97 Å². The van der Waals surface area contributed by atoms with Gasteiger partial charge in [-0.25, -0.2) is 14.2 Å². The van der Waals surface area contributed by atoms with Gasteiger partial charge in [-0.1, -0.05) is 12.1 Å². The molecule has 0 radical (unpaired) electrons. The molecule has 0 aliphatic carbocycles. The molecule has 0 spiro atoms. The SMILES string of the molecule is O=C(O)c1cnc2c(ccn2Cc2ccc(F)cc2)c1. The highest BCUT2D eigenvalue weighted by atomic mass is 19.1. The molecule has 0 saturated heterocycles. The number of benzene rings is 1. The lowest BCUT2D eigenvalue weighted by molar-refractivity contribution is 0.0696. The normalized spacial score (nSPS) is 10.8. The summed E-state index contributed by atoms with van der Waals surface area (Å²) < 4.78 is 14.8. The topological polar surface area (TPSA) is 55.1 Å². The number of carboxylic acids is 1. The summed E-state index contributed by atoms with van der Waals surface area (Å²) in [5, 5.41) is 9.70. The molecule has 2 aromatic heterocycles. The van der Waals surface area contributed by atoms with Crippen LogP contribution < -0.4 is 0 Å². The maximum absolute atomic E-state index is 12.9. The van der Waals surface area contributed by atoms with Crippen molar-refractivity contribution < 1.29 is 14.3 Å². The van der Waals surface area contributed by atoms with Crippen LogP contribution in [0.2, 0.25) is 0 Å². The van der Waals surface area contributed by atoms with Crippen molar-refractivity contribution in [3.05, 3.63) is 65.7 Å². The Labute approximate surface area is 114 Å². The van der Waals surface area contributed by atoms with Gasteiger partial charge in [0.1, 0.15) is 11.5 Å². The molecule has 100 valence electrons. The predicted octanol–water partition coefficient (Wildman–Crippen LogP) is 2.92. The van der Waals surface area contributed by atoms with Gasteiger partial charge in [0.2, 0.25) is 0 Å². The van der Waals surface area contributed by atoms with Crippen LogP contribution in [0.4, 0.5) is 4.39 Å². The number of hydrogen-bond donors (Lipinski definition) is 1. The number of carboxylic acid groups (broad SMARTS) is 1. The average molecular weight is 270 g/mol. The Kier molecular flexibility index (Phi) is 2.95. The fraction of sp³-hybridized carbons (Fsp3) is 0.0667. The predicted molar refractivity (Wildman–Crippen MR) is 72.2 cm³/mol. The van der Waals surface area contributed by atoms with Crippen LogP contribution >= 0.6 is 0 Å². The number of carbonyl (C=O) groups is 1. The molecule has 0 amide bonds. The molecule has 4 nitrogen and oxygen atoms in total. The minimum atomic E-state index is -0.995. The van der Waals surface area contributed by atoms with Gasteiger partial charge in [-0.05, 0) is 29.8 Å². The molecule has 0 fully saturated rings. The zero-order chi connectivity index (χ0) is 14.1. The molecule has 0 saturated carbocycles. The van der Waals surface area contributed by atoms with Gasteiger partial charge in [0, 0.05) is 24.3 Å². The summed E-state index contributed by atoms with van der Waals surface area (Å²) in [6.07, 6.45) is 3.18. The van der Waals surface area contributed by atoms with Gasteiger partial charge in [-0.2, -0.15) is 0 Å². The molecule has 0 aliphatic heterocycles. The number of rotatable bonds is 3. The largest absolute Gasteiger partial charge is 0.478 e.